The Morgan fingerprint density at radius 3 is 1.30 bits per heavy atom. The van der Waals surface area contributed by atoms with E-state index in [1.807, 2.05) is 123 Å². The van der Waals surface area contributed by atoms with Crippen LogP contribution in [0.25, 0.3) is 0 Å². The summed E-state index contributed by atoms with van der Waals surface area (Å²) in [5, 5.41) is 6.20. The quantitative estimate of drug-likeness (QED) is 0.0316. The summed E-state index contributed by atoms with van der Waals surface area (Å²) in [6.07, 6.45) is 5.40. The predicted molar refractivity (Wildman–Crippen MR) is 219 cm³/mol. The zero-order valence-corrected chi connectivity index (χ0v) is 30.7. The van der Waals surface area contributed by atoms with Crippen molar-refractivity contribution >= 4 is 46.9 Å². The van der Waals surface area contributed by atoms with Gasteiger partial charge in [0.15, 0.2) is 11.9 Å². The van der Waals surface area contributed by atoms with Gasteiger partial charge in [0.2, 0.25) is 0 Å². The molecular formula is C44H40N8O4. The largest absolute Gasteiger partial charge is 0.423 e. The second-order valence-electron chi connectivity index (χ2n) is 12.6. The molecule has 2 aromatic heterocycles. The highest BCUT2D eigenvalue weighted by Crippen LogP contribution is 2.31. The Balaban J connectivity index is 1.01. The number of nitrogens with one attached hydrogen (secondary N) is 2. The van der Waals surface area contributed by atoms with Gasteiger partial charge in [-0.25, -0.2) is 29.5 Å². The molecule has 280 valence electrons. The number of ether oxygens (including phenoxy) is 2. The Morgan fingerprint density at radius 1 is 0.554 bits per heavy atom. The van der Waals surface area contributed by atoms with Gasteiger partial charge in [-0.1, -0.05) is 86.6 Å². The van der Waals surface area contributed by atoms with Gasteiger partial charge in [0.25, 0.3) is 0 Å². The van der Waals surface area contributed by atoms with E-state index in [9.17, 15) is 9.59 Å². The molecular weight excluding hydrogens is 705 g/mol. The number of aliphatic imine (C=N–C) groups is 2. The number of anilines is 2. The van der Waals surface area contributed by atoms with Crippen LogP contribution < -0.4 is 31.6 Å². The number of para-hydroxylation sites is 2. The Bertz CT molecular complexity index is 2180. The minimum Gasteiger partial charge on any atom is -0.423 e. The number of hydrogen-bond acceptors (Lipinski definition) is 8. The number of nitrogens with two attached hydrogens (primary N) is 2. The van der Waals surface area contributed by atoms with Crippen LogP contribution in [0.3, 0.4) is 0 Å². The van der Waals surface area contributed by atoms with Crippen molar-refractivity contribution in [1.82, 2.24) is 9.97 Å². The average molecular weight is 745 g/mol. The number of esters is 2. The summed E-state index contributed by atoms with van der Waals surface area (Å²) in [6.45, 7) is 4.07. The second-order valence-corrected chi connectivity index (χ2v) is 12.6. The van der Waals surface area contributed by atoms with Crippen molar-refractivity contribution in [2.75, 3.05) is 10.6 Å². The molecule has 12 nitrogen and oxygen atoms in total. The number of carbonyl (C=O) groups is 2. The van der Waals surface area contributed by atoms with Gasteiger partial charge in [0.1, 0.15) is 23.1 Å². The second kappa shape index (κ2) is 18.4. The minimum atomic E-state index is -0.728. The molecule has 6 aromatic rings. The lowest BCUT2D eigenvalue weighted by Crippen LogP contribution is -2.23. The van der Waals surface area contributed by atoms with Gasteiger partial charge in [0.05, 0.1) is 11.4 Å². The number of benzene rings is 4. The Kier molecular flexibility index (Phi) is 12.6. The van der Waals surface area contributed by atoms with Crippen molar-refractivity contribution in [1.29, 1.82) is 0 Å². The standard InChI is InChI=1S/C44H40N8O4/c1-29(37-15-9-27-47-41(37)51-43(45)49-33-11-5-3-6-12-33)31-17-21-35(22-18-31)55-39(53)25-26-40(54)56-36-23-19-32(20-24-36)30(2)38-16-10-28-48-42(38)52-44(46)50-34-13-7-4-8-14-34/h3-30H,1-2H3,(H3,45,47,49,51)(H3,46,48,50,52)/b26-25-. The summed E-state index contributed by atoms with van der Waals surface area (Å²) in [7, 11) is 0. The Labute approximate surface area is 324 Å². The smallest absolute Gasteiger partial charge is 0.336 e. The summed E-state index contributed by atoms with van der Waals surface area (Å²) in [5.74, 6) is 0.606. The number of nitrogens with zero attached hydrogens (tertiary/aromatic N) is 4. The molecule has 0 spiro atoms. The van der Waals surface area contributed by atoms with Crippen molar-refractivity contribution in [3.05, 3.63) is 180 Å². The summed E-state index contributed by atoms with van der Waals surface area (Å²) in [5.41, 5.74) is 17.5. The molecule has 0 aliphatic rings. The predicted octanol–water partition coefficient (Wildman–Crippen LogP) is 7.96. The molecule has 0 aliphatic carbocycles. The van der Waals surface area contributed by atoms with Gasteiger partial charge in [-0.05, 0) is 71.8 Å². The first-order chi connectivity index (χ1) is 27.2. The fourth-order valence-electron chi connectivity index (χ4n) is 5.77. The van der Waals surface area contributed by atoms with Crippen LogP contribution in [0.15, 0.2) is 168 Å². The van der Waals surface area contributed by atoms with Crippen LogP contribution in [0.4, 0.5) is 23.0 Å². The van der Waals surface area contributed by atoms with Gasteiger partial charge in [-0.3, -0.25) is 0 Å². The Hall–Kier alpha value is -7.60. The monoisotopic (exact) mass is 744 g/mol. The highest BCUT2D eigenvalue weighted by atomic mass is 16.5. The highest BCUT2D eigenvalue weighted by molar-refractivity contribution is 5.95. The van der Waals surface area contributed by atoms with Crippen molar-refractivity contribution in [3.8, 4) is 11.5 Å². The third-order valence-corrected chi connectivity index (χ3v) is 8.67. The van der Waals surface area contributed by atoms with Gasteiger partial charge in [-0.2, -0.15) is 0 Å². The van der Waals surface area contributed by atoms with Crippen molar-refractivity contribution < 1.29 is 19.1 Å². The molecule has 0 saturated heterocycles. The van der Waals surface area contributed by atoms with Crippen LogP contribution in [-0.2, 0) is 9.59 Å². The highest BCUT2D eigenvalue weighted by Gasteiger charge is 2.17. The lowest BCUT2D eigenvalue weighted by atomic mass is 9.93. The summed E-state index contributed by atoms with van der Waals surface area (Å²) < 4.78 is 10.8. The maximum absolute atomic E-state index is 12.5. The van der Waals surface area contributed by atoms with Crippen LogP contribution >= 0.6 is 0 Å². The fraction of sp³-hybridized carbons (Fsp3) is 0.0909. The van der Waals surface area contributed by atoms with Gasteiger partial charge in [0, 0.05) is 47.5 Å². The summed E-state index contributed by atoms with van der Waals surface area (Å²) >= 11 is 0. The number of pyridine rings is 2. The van der Waals surface area contributed by atoms with E-state index in [4.69, 9.17) is 20.9 Å². The first-order valence-electron chi connectivity index (χ1n) is 17.8. The maximum atomic E-state index is 12.5. The van der Waals surface area contributed by atoms with E-state index >= 15 is 0 Å². The molecule has 2 heterocycles. The van der Waals surface area contributed by atoms with Crippen molar-refractivity contribution in [3.63, 3.8) is 0 Å². The van der Waals surface area contributed by atoms with Crippen LogP contribution in [0.1, 0.15) is 47.9 Å². The lowest BCUT2D eigenvalue weighted by molar-refractivity contribution is -0.131. The lowest BCUT2D eigenvalue weighted by Gasteiger charge is -2.17. The molecule has 0 radical (unpaired) electrons. The normalized spacial score (nSPS) is 12.8. The molecule has 2 unspecified atom stereocenters. The van der Waals surface area contributed by atoms with E-state index in [2.05, 4.69) is 30.6 Å². The molecule has 0 saturated carbocycles. The van der Waals surface area contributed by atoms with Gasteiger partial charge < -0.3 is 31.6 Å². The number of rotatable bonds is 12. The van der Waals surface area contributed by atoms with Crippen LogP contribution in [0, 0.1) is 0 Å². The molecule has 12 heteroatoms. The molecule has 2 atom stereocenters. The Morgan fingerprint density at radius 2 is 0.929 bits per heavy atom. The van der Waals surface area contributed by atoms with E-state index in [0.717, 1.165) is 45.8 Å². The third kappa shape index (κ3) is 10.5. The third-order valence-electron chi connectivity index (χ3n) is 8.67. The molecule has 0 aliphatic heterocycles. The molecule has 0 amide bonds. The first kappa shape index (κ1) is 38.1. The minimum absolute atomic E-state index is 0.0817. The average Bonchev–Trinajstić information content (AvgIpc) is 3.21. The molecule has 6 N–H and O–H groups in total. The zero-order chi connectivity index (χ0) is 39.3. The van der Waals surface area contributed by atoms with Crippen molar-refractivity contribution in [2.24, 2.45) is 21.5 Å². The molecule has 0 fully saturated rings. The number of carbonyl (C=O) groups excluding carboxylic acids is 2. The molecule has 4 aromatic carbocycles. The van der Waals surface area contributed by atoms with E-state index < -0.39 is 11.9 Å². The van der Waals surface area contributed by atoms with E-state index in [1.54, 1.807) is 36.7 Å². The SMILES string of the molecule is CC(c1ccc(OC(=O)/C=C\C(=O)Oc2ccc(C(C)c3cccnc3NC(N)=Nc3ccccc3)cc2)cc1)c1cccnc1NC(N)=Nc1ccccc1. The van der Waals surface area contributed by atoms with Crippen LogP contribution in [0.2, 0.25) is 0 Å². The fourth-order valence-corrected chi connectivity index (χ4v) is 5.77. The van der Waals surface area contributed by atoms with Crippen LogP contribution in [0.5, 0.6) is 11.5 Å². The molecule has 6 rings (SSSR count). The molecule has 56 heavy (non-hydrogen) atoms. The first-order valence-corrected chi connectivity index (χ1v) is 17.8. The topological polar surface area (TPSA) is 179 Å². The maximum Gasteiger partial charge on any atom is 0.336 e. The van der Waals surface area contributed by atoms with Gasteiger partial charge in [-0.15, -0.1) is 0 Å². The van der Waals surface area contributed by atoms with E-state index in [-0.39, 0.29) is 23.8 Å². The summed E-state index contributed by atoms with van der Waals surface area (Å²) in [4.78, 5) is 42.8. The van der Waals surface area contributed by atoms with E-state index in [0.29, 0.717) is 23.1 Å². The van der Waals surface area contributed by atoms with Crippen LogP contribution in [-0.4, -0.2) is 33.8 Å². The number of aromatic nitrogens is 2. The number of guanidine groups is 2. The number of hydrogen-bond donors (Lipinski definition) is 4. The van der Waals surface area contributed by atoms with Gasteiger partial charge >= 0.3 is 11.9 Å². The molecule has 0 bridgehead atoms. The van der Waals surface area contributed by atoms with E-state index in [1.165, 1.54) is 0 Å². The van der Waals surface area contributed by atoms with Crippen molar-refractivity contribution in [2.45, 2.75) is 25.7 Å². The summed E-state index contributed by atoms with van der Waals surface area (Å²) in [6, 6.07) is 40.6. The zero-order valence-electron chi connectivity index (χ0n) is 30.7.